The molecule has 0 saturated carbocycles. The Morgan fingerprint density at radius 1 is 1.21 bits per heavy atom. The number of ether oxygens (including phenoxy) is 1. The topological polar surface area (TPSA) is 117 Å². The zero-order valence-corrected chi connectivity index (χ0v) is 17.0. The molecule has 0 radical (unpaired) electrons. The van der Waals surface area contributed by atoms with E-state index in [2.05, 4.69) is 5.32 Å². The van der Waals surface area contributed by atoms with E-state index in [-0.39, 0.29) is 17.3 Å². The summed E-state index contributed by atoms with van der Waals surface area (Å²) < 4.78 is 31.8. The second-order valence-corrected chi connectivity index (χ2v) is 9.54. The van der Waals surface area contributed by atoms with Crippen molar-refractivity contribution in [2.24, 2.45) is 5.92 Å². The molecule has 1 N–H and O–H groups in total. The molecule has 1 amide bonds. The van der Waals surface area contributed by atoms with Gasteiger partial charge in [0.1, 0.15) is 10.3 Å². The van der Waals surface area contributed by atoms with E-state index >= 15 is 0 Å². The first kappa shape index (κ1) is 21.0. The Labute approximate surface area is 172 Å². The third-order valence-electron chi connectivity index (χ3n) is 4.54. The van der Waals surface area contributed by atoms with Gasteiger partial charge in [-0.25, -0.2) is 8.42 Å². The molecule has 0 spiro atoms. The lowest BCUT2D eigenvalue weighted by Gasteiger charge is -2.29. The molecule has 1 aromatic heterocycles. The van der Waals surface area contributed by atoms with Gasteiger partial charge in [0.15, 0.2) is 6.61 Å². The second-order valence-electron chi connectivity index (χ2n) is 6.42. The maximum Gasteiger partial charge on any atom is 0.309 e. The summed E-state index contributed by atoms with van der Waals surface area (Å²) in [7, 11) is -3.53. The summed E-state index contributed by atoms with van der Waals surface area (Å²) in [6, 6.07) is 11.7. The van der Waals surface area contributed by atoms with Crippen molar-refractivity contribution in [3.8, 4) is 6.07 Å². The van der Waals surface area contributed by atoms with E-state index in [4.69, 9.17) is 10.00 Å². The summed E-state index contributed by atoms with van der Waals surface area (Å²) in [6.45, 7) is -0.0181. The van der Waals surface area contributed by atoms with Crippen LogP contribution in [0.1, 0.15) is 18.4 Å². The highest BCUT2D eigenvalue weighted by Gasteiger charge is 2.33. The molecule has 29 heavy (non-hydrogen) atoms. The Balaban J connectivity index is 1.48. The van der Waals surface area contributed by atoms with Gasteiger partial charge >= 0.3 is 5.97 Å². The number of esters is 1. The van der Waals surface area contributed by atoms with Gasteiger partial charge in [-0.3, -0.25) is 9.59 Å². The van der Waals surface area contributed by atoms with Crippen molar-refractivity contribution in [3.05, 3.63) is 47.3 Å². The Bertz CT molecular complexity index is 1020. The van der Waals surface area contributed by atoms with Gasteiger partial charge in [0.25, 0.3) is 15.9 Å². The number of benzene rings is 1. The summed E-state index contributed by atoms with van der Waals surface area (Å²) in [5, 5.41) is 13.3. The fraction of sp³-hybridized carbons (Fsp3) is 0.316. The van der Waals surface area contributed by atoms with E-state index in [1.54, 1.807) is 41.8 Å². The number of hydrogen-bond acceptors (Lipinski definition) is 7. The summed E-state index contributed by atoms with van der Waals surface area (Å²) >= 11 is 1.16. The molecule has 10 heteroatoms. The Hall–Kier alpha value is -2.74. The fourth-order valence-corrected chi connectivity index (χ4v) is 5.61. The predicted molar refractivity (Wildman–Crippen MR) is 107 cm³/mol. The molecule has 8 nitrogen and oxygen atoms in total. The van der Waals surface area contributed by atoms with Crippen LogP contribution in [0.3, 0.4) is 0 Å². The number of nitrogens with zero attached hydrogens (tertiary/aromatic N) is 2. The molecule has 3 rings (SSSR count). The van der Waals surface area contributed by atoms with E-state index in [9.17, 15) is 18.0 Å². The van der Waals surface area contributed by atoms with Gasteiger partial charge in [-0.15, -0.1) is 11.3 Å². The average Bonchev–Trinajstić information content (AvgIpc) is 3.28. The quantitative estimate of drug-likeness (QED) is 0.698. The zero-order valence-electron chi connectivity index (χ0n) is 15.4. The maximum absolute atomic E-state index is 12.5. The van der Waals surface area contributed by atoms with Crippen molar-refractivity contribution >= 4 is 38.9 Å². The summed E-state index contributed by atoms with van der Waals surface area (Å²) in [5.41, 5.74) is 0.662. The van der Waals surface area contributed by atoms with Gasteiger partial charge in [-0.1, -0.05) is 18.2 Å². The maximum atomic E-state index is 12.5. The predicted octanol–water partition coefficient (Wildman–Crippen LogP) is 2.20. The SMILES string of the molecule is N#Cc1ccccc1NC(=O)COC(=O)C1CCN(S(=O)(=O)c2cccs2)CC1. The Morgan fingerprint density at radius 3 is 2.59 bits per heavy atom. The van der Waals surface area contributed by atoms with Crippen LogP contribution in [-0.4, -0.2) is 44.3 Å². The normalized spacial score (nSPS) is 15.4. The van der Waals surface area contributed by atoms with Crippen LogP contribution in [0.15, 0.2) is 46.0 Å². The molecule has 1 aromatic carbocycles. The first-order valence-electron chi connectivity index (χ1n) is 8.91. The third-order valence-corrected chi connectivity index (χ3v) is 7.82. The van der Waals surface area contributed by atoms with Crippen molar-refractivity contribution in [2.75, 3.05) is 25.0 Å². The lowest BCUT2D eigenvalue weighted by atomic mass is 9.98. The molecule has 1 saturated heterocycles. The molecule has 1 fully saturated rings. The fourth-order valence-electron chi connectivity index (χ4n) is 3.00. The van der Waals surface area contributed by atoms with Gasteiger partial charge in [0.2, 0.25) is 0 Å². The number of hydrogen-bond donors (Lipinski definition) is 1. The van der Waals surface area contributed by atoms with E-state index in [1.807, 2.05) is 6.07 Å². The number of para-hydroxylation sites is 1. The number of nitrogens with one attached hydrogen (secondary N) is 1. The molecule has 2 heterocycles. The molecule has 0 atom stereocenters. The van der Waals surface area contributed by atoms with Crippen molar-refractivity contribution in [2.45, 2.75) is 17.1 Å². The van der Waals surface area contributed by atoms with Crippen LogP contribution < -0.4 is 5.32 Å². The average molecular weight is 434 g/mol. The number of sulfonamides is 1. The third kappa shape index (κ3) is 5.00. The molecule has 1 aliphatic heterocycles. The second kappa shape index (κ2) is 9.17. The van der Waals surface area contributed by atoms with Crippen molar-refractivity contribution in [3.63, 3.8) is 0 Å². The van der Waals surface area contributed by atoms with Crippen LogP contribution in [0.5, 0.6) is 0 Å². The minimum atomic E-state index is -3.53. The smallest absolute Gasteiger partial charge is 0.309 e. The zero-order chi connectivity index (χ0) is 20.9. The van der Waals surface area contributed by atoms with E-state index < -0.39 is 34.4 Å². The largest absolute Gasteiger partial charge is 0.455 e. The summed E-state index contributed by atoms with van der Waals surface area (Å²) in [5.74, 6) is -1.52. The van der Waals surface area contributed by atoms with Crippen molar-refractivity contribution in [1.29, 1.82) is 5.26 Å². The number of anilines is 1. The van der Waals surface area contributed by atoms with Crippen molar-refractivity contribution < 1.29 is 22.7 Å². The molecule has 2 aromatic rings. The lowest BCUT2D eigenvalue weighted by molar-refractivity contribution is -0.152. The number of carbonyl (C=O) groups is 2. The molecular weight excluding hydrogens is 414 g/mol. The monoisotopic (exact) mass is 433 g/mol. The Kier molecular flexibility index (Phi) is 6.64. The number of amides is 1. The van der Waals surface area contributed by atoms with Crippen LogP contribution in [0.25, 0.3) is 0 Å². The minimum Gasteiger partial charge on any atom is -0.455 e. The molecule has 0 bridgehead atoms. The summed E-state index contributed by atoms with van der Waals surface area (Å²) in [4.78, 5) is 24.2. The van der Waals surface area contributed by atoms with Gasteiger partial charge < -0.3 is 10.1 Å². The van der Waals surface area contributed by atoms with Gasteiger partial charge in [-0.2, -0.15) is 9.57 Å². The highest BCUT2D eigenvalue weighted by atomic mass is 32.2. The van der Waals surface area contributed by atoms with E-state index in [1.165, 1.54) is 4.31 Å². The van der Waals surface area contributed by atoms with Crippen molar-refractivity contribution in [1.82, 2.24) is 4.31 Å². The van der Waals surface area contributed by atoms with E-state index in [0.29, 0.717) is 24.1 Å². The first-order chi connectivity index (χ1) is 13.9. The lowest BCUT2D eigenvalue weighted by Crippen LogP contribution is -2.40. The number of thiophene rings is 1. The summed E-state index contributed by atoms with van der Waals surface area (Å²) in [6.07, 6.45) is 0.671. The van der Waals surface area contributed by atoms with Crippen LogP contribution in [0.2, 0.25) is 0 Å². The molecule has 152 valence electrons. The number of piperidine rings is 1. The number of nitriles is 1. The van der Waals surface area contributed by atoms with Gasteiger partial charge in [-0.05, 0) is 36.4 Å². The highest BCUT2D eigenvalue weighted by molar-refractivity contribution is 7.91. The first-order valence-corrected chi connectivity index (χ1v) is 11.2. The standard InChI is InChI=1S/C19H19N3O5S2/c20-12-15-4-1-2-5-16(15)21-17(23)13-27-19(24)14-7-9-22(10-8-14)29(25,26)18-6-3-11-28-18/h1-6,11,14H,7-10,13H2,(H,21,23). The number of carbonyl (C=O) groups excluding carboxylic acids is 2. The highest BCUT2D eigenvalue weighted by Crippen LogP contribution is 2.26. The Morgan fingerprint density at radius 2 is 1.93 bits per heavy atom. The van der Waals surface area contributed by atoms with E-state index in [0.717, 1.165) is 11.3 Å². The van der Waals surface area contributed by atoms with Crippen LogP contribution in [0, 0.1) is 17.2 Å². The minimum absolute atomic E-state index is 0.224. The van der Waals surface area contributed by atoms with Gasteiger partial charge in [0.05, 0.1) is 17.2 Å². The molecule has 0 unspecified atom stereocenters. The number of rotatable bonds is 6. The molecular formula is C19H19N3O5S2. The van der Waals surface area contributed by atoms with Crippen LogP contribution >= 0.6 is 11.3 Å². The molecule has 0 aliphatic carbocycles. The van der Waals surface area contributed by atoms with Crippen LogP contribution in [0.4, 0.5) is 5.69 Å². The van der Waals surface area contributed by atoms with Gasteiger partial charge in [0, 0.05) is 13.1 Å². The molecule has 1 aliphatic rings. The van der Waals surface area contributed by atoms with Crippen LogP contribution in [-0.2, 0) is 24.3 Å².